The molecule has 1 rings (SSSR count). The SMILES string of the molecule is CN(C(=O)CCNC(=O)C(C)(C)C)C1CCNC1.Cl. The average molecular weight is 292 g/mol. The van der Waals surface area contributed by atoms with E-state index in [0.717, 1.165) is 19.5 Å². The third-order valence-electron chi connectivity index (χ3n) is 3.28. The summed E-state index contributed by atoms with van der Waals surface area (Å²) in [4.78, 5) is 25.3. The van der Waals surface area contributed by atoms with Crippen molar-refractivity contribution in [3.8, 4) is 0 Å². The molecular formula is C13H26ClN3O2. The molecule has 2 N–H and O–H groups in total. The second kappa shape index (κ2) is 7.70. The second-order valence-corrected chi connectivity index (χ2v) is 5.91. The lowest BCUT2D eigenvalue weighted by Crippen LogP contribution is -2.41. The van der Waals surface area contributed by atoms with Crippen molar-refractivity contribution in [1.29, 1.82) is 0 Å². The average Bonchev–Trinajstić information content (AvgIpc) is 2.79. The molecule has 0 aliphatic carbocycles. The summed E-state index contributed by atoms with van der Waals surface area (Å²) in [6.07, 6.45) is 1.38. The predicted molar refractivity (Wildman–Crippen MR) is 78.4 cm³/mol. The number of carbonyl (C=O) groups is 2. The van der Waals surface area contributed by atoms with Crippen molar-refractivity contribution in [1.82, 2.24) is 15.5 Å². The largest absolute Gasteiger partial charge is 0.355 e. The summed E-state index contributed by atoms with van der Waals surface area (Å²) >= 11 is 0. The number of nitrogens with one attached hydrogen (secondary N) is 2. The number of rotatable bonds is 4. The Hall–Kier alpha value is -0.810. The van der Waals surface area contributed by atoms with E-state index in [1.165, 1.54) is 0 Å². The van der Waals surface area contributed by atoms with Crippen LogP contribution in [0.2, 0.25) is 0 Å². The van der Waals surface area contributed by atoms with Gasteiger partial charge < -0.3 is 15.5 Å². The molecule has 0 spiro atoms. The minimum atomic E-state index is -0.398. The topological polar surface area (TPSA) is 61.4 Å². The monoisotopic (exact) mass is 291 g/mol. The highest BCUT2D eigenvalue weighted by Gasteiger charge is 2.24. The number of carbonyl (C=O) groups excluding carboxylic acids is 2. The smallest absolute Gasteiger partial charge is 0.225 e. The molecule has 0 radical (unpaired) electrons. The van der Waals surface area contributed by atoms with Gasteiger partial charge in [0.15, 0.2) is 0 Å². The fourth-order valence-corrected chi connectivity index (χ4v) is 1.90. The molecule has 19 heavy (non-hydrogen) atoms. The van der Waals surface area contributed by atoms with Gasteiger partial charge >= 0.3 is 0 Å². The van der Waals surface area contributed by atoms with Crippen molar-refractivity contribution < 1.29 is 9.59 Å². The predicted octanol–water partition coefficient (Wildman–Crippen LogP) is 0.781. The highest BCUT2D eigenvalue weighted by atomic mass is 35.5. The van der Waals surface area contributed by atoms with Gasteiger partial charge in [0, 0.05) is 38.0 Å². The van der Waals surface area contributed by atoms with Crippen molar-refractivity contribution in [3.05, 3.63) is 0 Å². The third-order valence-corrected chi connectivity index (χ3v) is 3.28. The summed E-state index contributed by atoms with van der Waals surface area (Å²) in [5, 5.41) is 6.04. The van der Waals surface area contributed by atoms with Crippen LogP contribution in [0.4, 0.5) is 0 Å². The lowest BCUT2D eigenvalue weighted by atomic mass is 9.96. The van der Waals surface area contributed by atoms with Crippen LogP contribution in [-0.2, 0) is 9.59 Å². The molecule has 1 aliphatic rings. The Bertz CT molecular complexity index is 310. The van der Waals surface area contributed by atoms with Gasteiger partial charge in [-0.25, -0.2) is 0 Å². The molecule has 112 valence electrons. The highest BCUT2D eigenvalue weighted by molar-refractivity contribution is 5.85. The van der Waals surface area contributed by atoms with Crippen LogP contribution in [0.1, 0.15) is 33.6 Å². The van der Waals surface area contributed by atoms with E-state index in [2.05, 4.69) is 10.6 Å². The third kappa shape index (κ3) is 5.78. The first-order chi connectivity index (χ1) is 8.32. The van der Waals surface area contributed by atoms with Gasteiger partial charge in [-0.05, 0) is 13.0 Å². The highest BCUT2D eigenvalue weighted by Crippen LogP contribution is 2.12. The first-order valence-corrected chi connectivity index (χ1v) is 6.57. The molecule has 0 saturated carbocycles. The van der Waals surface area contributed by atoms with Gasteiger partial charge in [0.05, 0.1) is 0 Å². The molecule has 1 heterocycles. The second-order valence-electron chi connectivity index (χ2n) is 5.91. The number of hydrogen-bond donors (Lipinski definition) is 2. The summed E-state index contributed by atoms with van der Waals surface area (Å²) in [6.45, 7) is 7.85. The zero-order chi connectivity index (χ0) is 13.8. The van der Waals surface area contributed by atoms with E-state index in [4.69, 9.17) is 0 Å². The van der Waals surface area contributed by atoms with Crippen LogP contribution in [0.5, 0.6) is 0 Å². The van der Waals surface area contributed by atoms with Gasteiger partial charge in [0.25, 0.3) is 0 Å². The summed E-state index contributed by atoms with van der Waals surface area (Å²) in [5.41, 5.74) is -0.398. The van der Waals surface area contributed by atoms with E-state index in [9.17, 15) is 9.59 Å². The van der Waals surface area contributed by atoms with Crippen LogP contribution in [-0.4, -0.2) is 49.4 Å². The molecule has 1 unspecified atom stereocenters. The van der Waals surface area contributed by atoms with Crippen LogP contribution in [0.3, 0.4) is 0 Å². The van der Waals surface area contributed by atoms with Crippen molar-refractivity contribution in [2.45, 2.75) is 39.7 Å². The minimum absolute atomic E-state index is 0. The normalized spacial score (nSPS) is 18.6. The van der Waals surface area contributed by atoms with E-state index < -0.39 is 5.41 Å². The lowest BCUT2D eigenvalue weighted by molar-refractivity contribution is -0.132. The fourth-order valence-electron chi connectivity index (χ4n) is 1.90. The summed E-state index contributed by atoms with van der Waals surface area (Å²) < 4.78 is 0. The molecule has 6 heteroatoms. The quantitative estimate of drug-likeness (QED) is 0.805. The standard InChI is InChI=1S/C13H25N3O2.ClH/c1-13(2,3)12(18)15-8-6-11(17)16(4)10-5-7-14-9-10;/h10,14H,5-9H2,1-4H3,(H,15,18);1H. The fraction of sp³-hybridized carbons (Fsp3) is 0.846. The van der Waals surface area contributed by atoms with Gasteiger partial charge in [0.1, 0.15) is 0 Å². The maximum absolute atomic E-state index is 11.9. The number of hydrogen-bond acceptors (Lipinski definition) is 3. The summed E-state index contributed by atoms with van der Waals surface area (Å²) in [5.74, 6) is 0.0818. The Morgan fingerprint density at radius 3 is 2.47 bits per heavy atom. The maximum atomic E-state index is 11.9. The molecule has 0 aromatic carbocycles. The number of likely N-dealkylation sites (N-methyl/N-ethyl adjacent to an activating group) is 1. The summed E-state index contributed by atoms with van der Waals surface area (Å²) in [6, 6.07) is 0.302. The maximum Gasteiger partial charge on any atom is 0.225 e. The minimum Gasteiger partial charge on any atom is -0.355 e. The number of nitrogens with zero attached hydrogens (tertiary/aromatic N) is 1. The van der Waals surface area contributed by atoms with Gasteiger partial charge in [-0.1, -0.05) is 20.8 Å². The van der Waals surface area contributed by atoms with Crippen molar-refractivity contribution in [3.63, 3.8) is 0 Å². The molecule has 1 atom stereocenters. The number of amides is 2. The molecule has 1 fully saturated rings. The van der Waals surface area contributed by atoms with Crippen LogP contribution >= 0.6 is 12.4 Å². The molecule has 2 amide bonds. The molecule has 0 bridgehead atoms. The number of halogens is 1. The van der Waals surface area contributed by atoms with Crippen LogP contribution in [0.15, 0.2) is 0 Å². The zero-order valence-corrected chi connectivity index (χ0v) is 13.1. The van der Waals surface area contributed by atoms with Crippen LogP contribution in [0.25, 0.3) is 0 Å². The molecule has 1 aliphatic heterocycles. The Balaban J connectivity index is 0.00000324. The van der Waals surface area contributed by atoms with Crippen LogP contribution < -0.4 is 10.6 Å². The van der Waals surface area contributed by atoms with E-state index in [-0.39, 0.29) is 24.2 Å². The Kier molecular flexibility index (Phi) is 7.37. The van der Waals surface area contributed by atoms with E-state index >= 15 is 0 Å². The Morgan fingerprint density at radius 1 is 1.37 bits per heavy atom. The summed E-state index contributed by atoms with van der Waals surface area (Å²) in [7, 11) is 1.84. The van der Waals surface area contributed by atoms with Gasteiger partial charge in [-0.3, -0.25) is 9.59 Å². The molecule has 5 nitrogen and oxygen atoms in total. The molecular weight excluding hydrogens is 266 g/mol. The van der Waals surface area contributed by atoms with Gasteiger partial charge in [0.2, 0.25) is 11.8 Å². The molecule has 0 aromatic heterocycles. The van der Waals surface area contributed by atoms with Crippen LogP contribution in [0, 0.1) is 5.41 Å². The van der Waals surface area contributed by atoms with Crippen molar-refractivity contribution >= 4 is 24.2 Å². The van der Waals surface area contributed by atoms with E-state index in [1.54, 1.807) is 4.90 Å². The molecule has 1 saturated heterocycles. The molecule has 0 aromatic rings. The van der Waals surface area contributed by atoms with E-state index in [0.29, 0.717) is 19.0 Å². The zero-order valence-electron chi connectivity index (χ0n) is 12.3. The van der Waals surface area contributed by atoms with E-state index in [1.807, 2.05) is 27.8 Å². The van der Waals surface area contributed by atoms with Gasteiger partial charge in [-0.15, -0.1) is 12.4 Å². The van der Waals surface area contributed by atoms with Crippen molar-refractivity contribution in [2.75, 3.05) is 26.7 Å². The Morgan fingerprint density at radius 2 is 2.00 bits per heavy atom. The first-order valence-electron chi connectivity index (χ1n) is 6.57. The van der Waals surface area contributed by atoms with Crippen molar-refractivity contribution in [2.24, 2.45) is 5.41 Å². The first kappa shape index (κ1) is 18.2. The Labute approximate surface area is 121 Å². The van der Waals surface area contributed by atoms with Gasteiger partial charge in [-0.2, -0.15) is 0 Å². The lowest BCUT2D eigenvalue weighted by Gasteiger charge is -2.24.